The fraction of sp³-hybridized carbons (Fsp3) is 0.269. The predicted octanol–water partition coefficient (Wildman–Crippen LogP) is 4.69. The van der Waals surface area contributed by atoms with Crippen LogP contribution in [-0.4, -0.2) is 63.0 Å². The number of carbonyl (C=O) groups is 4. The summed E-state index contributed by atoms with van der Waals surface area (Å²) in [6.07, 6.45) is -0.600. The first-order chi connectivity index (χ1) is 17.9. The van der Waals surface area contributed by atoms with Crippen LogP contribution < -0.4 is 5.32 Å². The Morgan fingerprint density at radius 2 is 1.86 bits per heavy atom. The summed E-state index contributed by atoms with van der Waals surface area (Å²) in [5.74, 6) is -0.930. The Bertz CT molecular complexity index is 1280. The van der Waals surface area contributed by atoms with Crippen molar-refractivity contribution < 1.29 is 29.0 Å². The van der Waals surface area contributed by atoms with Gasteiger partial charge in [-0.3, -0.25) is 14.5 Å². The zero-order valence-electron chi connectivity index (χ0n) is 20.1. The second kappa shape index (κ2) is 11.7. The number of amides is 4. The van der Waals surface area contributed by atoms with Gasteiger partial charge in [-0.05, 0) is 37.5 Å². The topological polar surface area (TPSA) is 129 Å². The van der Waals surface area contributed by atoms with Gasteiger partial charge < -0.3 is 15.2 Å². The molecule has 2 heterocycles. The lowest BCUT2D eigenvalue weighted by molar-refractivity contribution is -0.120. The summed E-state index contributed by atoms with van der Waals surface area (Å²) < 4.78 is 5.40. The summed E-state index contributed by atoms with van der Waals surface area (Å²) in [5, 5.41) is 14.1. The molecular formula is C26H26N4O6S. The van der Waals surface area contributed by atoms with Gasteiger partial charge in [0.1, 0.15) is 12.6 Å². The molecule has 0 spiro atoms. The van der Waals surface area contributed by atoms with E-state index in [0.717, 1.165) is 10.5 Å². The first-order valence-corrected chi connectivity index (χ1v) is 12.6. The SMILES string of the molecule is CCN(C(=O)O)C(=O)c1ccc(-c2csc(NC(=O)C3CCCN3C(=O)OCc3ccccc3)n2)cc1. The lowest BCUT2D eigenvalue weighted by Crippen LogP contribution is -2.43. The summed E-state index contributed by atoms with van der Waals surface area (Å²) in [4.78, 5) is 55.7. The van der Waals surface area contributed by atoms with Gasteiger partial charge in [0.15, 0.2) is 5.13 Å². The van der Waals surface area contributed by atoms with Crippen molar-refractivity contribution in [2.45, 2.75) is 32.4 Å². The second-order valence-corrected chi connectivity index (χ2v) is 9.19. The van der Waals surface area contributed by atoms with Gasteiger partial charge in [-0.2, -0.15) is 0 Å². The molecule has 1 unspecified atom stereocenters. The van der Waals surface area contributed by atoms with E-state index in [1.54, 1.807) is 36.6 Å². The minimum atomic E-state index is -1.30. The van der Waals surface area contributed by atoms with Gasteiger partial charge in [-0.1, -0.05) is 42.5 Å². The highest BCUT2D eigenvalue weighted by Gasteiger charge is 2.35. The van der Waals surface area contributed by atoms with Crippen LogP contribution in [0.3, 0.4) is 0 Å². The fourth-order valence-corrected chi connectivity index (χ4v) is 4.74. The molecule has 192 valence electrons. The number of benzene rings is 2. The molecule has 1 aliphatic rings. The molecule has 10 nitrogen and oxygen atoms in total. The van der Waals surface area contributed by atoms with Crippen molar-refractivity contribution >= 4 is 40.5 Å². The van der Waals surface area contributed by atoms with Crippen LogP contribution in [0, 0.1) is 0 Å². The van der Waals surface area contributed by atoms with Crippen LogP contribution in [0.1, 0.15) is 35.7 Å². The van der Waals surface area contributed by atoms with E-state index in [-0.39, 0.29) is 24.6 Å². The maximum atomic E-state index is 12.9. The normalized spacial score (nSPS) is 14.7. The molecule has 37 heavy (non-hydrogen) atoms. The van der Waals surface area contributed by atoms with E-state index < -0.39 is 24.1 Å². The number of carboxylic acid groups (broad SMARTS) is 1. The van der Waals surface area contributed by atoms with Crippen molar-refractivity contribution in [1.82, 2.24) is 14.8 Å². The summed E-state index contributed by atoms with van der Waals surface area (Å²) in [6, 6.07) is 15.1. The van der Waals surface area contributed by atoms with Gasteiger partial charge in [-0.25, -0.2) is 19.5 Å². The van der Waals surface area contributed by atoms with Crippen LogP contribution in [0.15, 0.2) is 60.0 Å². The number of ether oxygens (including phenoxy) is 1. The molecule has 2 aromatic carbocycles. The van der Waals surface area contributed by atoms with Crippen molar-refractivity contribution in [1.29, 1.82) is 0 Å². The summed E-state index contributed by atoms with van der Waals surface area (Å²) in [6.45, 7) is 2.22. The summed E-state index contributed by atoms with van der Waals surface area (Å²) in [7, 11) is 0. The molecule has 3 aromatic rings. The molecule has 1 aliphatic heterocycles. The highest BCUT2D eigenvalue weighted by molar-refractivity contribution is 7.14. The van der Waals surface area contributed by atoms with Crippen LogP contribution in [0.5, 0.6) is 0 Å². The largest absolute Gasteiger partial charge is 0.465 e. The predicted molar refractivity (Wildman–Crippen MR) is 137 cm³/mol. The van der Waals surface area contributed by atoms with E-state index in [2.05, 4.69) is 10.3 Å². The van der Waals surface area contributed by atoms with Gasteiger partial charge in [0.05, 0.1) is 5.69 Å². The number of anilines is 1. The number of nitrogens with zero attached hydrogens (tertiary/aromatic N) is 3. The molecule has 0 bridgehead atoms. The number of hydrogen-bond donors (Lipinski definition) is 2. The Balaban J connectivity index is 1.36. The summed E-state index contributed by atoms with van der Waals surface area (Å²) >= 11 is 1.24. The van der Waals surface area contributed by atoms with E-state index in [4.69, 9.17) is 9.84 Å². The van der Waals surface area contributed by atoms with Crippen LogP contribution >= 0.6 is 11.3 Å². The fourth-order valence-electron chi connectivity index (χ4n) is 4.02. The van der Waals surface area contributed by atoms with Crippen molar-refractivity contribution in [3.63, 3.8) is 0 Å². The zero-order chi connectivity index (χ0) is 26.4. The number of nitrogens with one attached hydrogen (secondary N) is 1. The third-order valence-corrected chi connectivity index (χ3v) is 6.71. The Kier molecular flexibility index (Phi) is 8.14. The first-order valence-electron chi connectivity index (χ1n) is 11.8. The van der Waals surface area contributed by atoms with Crippen molar-refractivity contribution in [2.24, 2.45) is 0 Å². The van der Waals surface area contributed by atoms with Gasteiger partial charge in [0.25, 0.3) is 5.91 Å². The van der Waals surface area contributed by atoms with E-state index in [1.807, 2.05) is 30.3 Å². The Morgan fingerprint density at radius 1 is 1.14 bits per heavy atom. The molecule has 11 heteroatoms. The van der Waals surface area contributed by atoms with Gasteiger partial charge in [0.2, 0.25) is 5.91 Å². The number of carbonyl (C=O) groups excluding carboxylic acids is 3. The van der Waals surface area contributed by atoms with Crippen LogP contribution in [0.4, 0.5) is 14.7 Å². The quantitative estimate of drug-likeness (QED) is 0.460. The number of imide groups is 1. The lowest BCUT2D eigenvalue weighted by atomic mass is 10.1. The van der Waals surface area contributed by atoms with Crippen molar-refractivity contribution in [2.75, 3.05) is 18.4 Å². The zero-order valence-corrected chi connectivity index (χ0v) is 20.9. The molecule has 1 saturated heterocycles. The van der Waals surface area contributed by atoms with E-state index >= 15 is 0 Å². The van der Waals surface area contributed by atoms with Gasteiger partial charge in [-0.15, -0.1) is 11.3 Å². The third-order valence-electron chi connectivity index (χ3n) is 5.95. The maximum Gasteiger partial charge on any atom is 0.414 e. The van der Waals surface area contributed by atoms with E-state index in [9.17, 15) is 19.2 Å². The molecule has 1 aromatic heterocycles. The molecule has 0 aliphatic carbocycles. The monoisotopic (exact) mass is 522 g/mol. The van der Waals surface area contributed by atoms with Crippen molar-refractivity contribution in [3.05, 3.63) is 71.1 Å². The molecule has 1 atom stereocenters. The number of likely N-dealkylation sites (tertiary alicyclic amines) is 1. The first kappa shape index (κ1) is 25.8. The standard InChI is InChI=1S/C26H26N4O6S/c1-2-29(25(33)34)23(32)19-12-10-18(11-13-19)20-16-37-24(27-20)28-22(31)21-9-6-14-30(21)26(35)36-15-17-7-4-3-5-8-17/h3-5,7-8,10-13,16,21H,2,6,9,14-15H2,1H3,(H,33,34)(H,27,28,31). The van der Waals surface area contributed by atoms with Crippen molar-refractivity contribution in [3.8, 4) is 11.3 Å². The molecule has 4 amide bonds. The number of hydrogen-bond acceptors (Lipinski definition) is 7. The van der Waals surface area contributed by atoms with Crippen LogP contribution in [0.25, 0.3) is 11.3 Å². The molecule has 0 saturated carbocycles. The van der Waals surface area contributed by atoms with Gasteiger partial charge >= 0.3 is 12.2 Å². The average molecular weight is 523 g/mol. The molecule has 4 rings (SSSR count). The second-order valence-electron chi connectivity index (χ2n) is 8.33. The van der Waals surface area contributed by atoms with Crippen LogP contribution in [0.2, 0.25) is 0 Å². The number of aromatic nitrogens is 1. The van der Waals surface area contributed by atoms with Crippen LogP contribution in [-0.2, 0) is 16.1 Å². The Labute approximate surface area is 217 Å². The molecular weight excluding hydrogens is 496 g/mol. The number of rotatable bonds is 7. The van der Waals surface area contributed by atoms with E-state index in [1.165, 1.54) is 16.2 Å². The smallest absolute Gasteiger partial charge is 0.414 e. The number of thiazole rings is 1. The third kappa shape index (κ3) is 6.12. The molecule has 1 fully saturated rings. The highest BCUT2D eigenvalue weighted by atomic mass is 32.1. The molecule has 0 radical (unpaired) electrons. The summed E-state index contributed by atoms with van der Waals surface area (Å²) in [5.41, 5.74) is 2.42. The lowest BCUT2D eigenvalue weighted by Gasteiger charge is -2.22. The minimum absolute atomic E-state index is 0.0498. The Hall–Kier alpha value is -4.25. The average Bonchev–Trinajstić information content (AvgIpc) is 3.58. The van der Waals surface area contributed by atoms with E-state index in [0.29, 0.717) is 35.8 Å². The Morgan fingerprint density at radius 3 is 2.54 bits per heavy atom. The molecule has 2 N–H and O–H groups in total. The minimum Gasteiger partial charge on any atom is -0.465 e. The maximum absolute atomic E-state index is 12.9. The highest BCUT2D eigenvalue weighted by Crippen LogP contribution is 2.27. The van der Waals surface area contributed by atoms with Gasteiger partial charge in [0, 0.05) is 29.6 Å².